The highest BCUT2D eigenvalue weighted by Gasteiger charge is 2.32. The summed E-state index contributed by atoms with van der Waals surface area (Å²) in [6.07, 6.45) is 1.39. The van der Waals surface area contributed by atoms with Crippen molar-refractivity contribution in [2.45, 2.75) is 24.0 Å². The van der Waals surface area contributed by atoms with Crippen molar-refractivity contribution in [3.05, 3.63) is 59.1 Å². The summed E-state index contributed by atoms with van der Waals surface area (Å²) in [5, 5.41) is 0.446. The zero-order valence-electron chi connectivity index (χ0n) is 16.3. The summed E-state index contributed by atoms with van der Waals surface area (Å²) in [5.41, 5.74) is 0.573. The predicted molar refractivity (Wildman–Crippen MR) is 113 cm³/mol. The molecule has 2 aliphatic heterocycles. The zero-order valence-corrected chi connectivity index (χ0v) is 17.9. The summed E-state index contributed by atoms with van der Waals surface area (Å²) in [7, 11) is -3.85. The number of nitrogens with one attached hydrogen (secondary N) is 1. The van der Waals surface area contributed by atoms with Crippen LogP contribution in [-0.4, -0.2) is 51.8 Å². The van der Waals surface area contributed by atoms with Gasteiger partial charge in [0.2, 0.25) is 0 Å². The maximum absolute atomic E-state index is 13.1. The van der Waals surface area contributed by atoms with Gasteiger partial charge in [0.05, 0.1) is 29.4 Å². The van der Waals surface area contributed by atoms with Crippen molar-refractivity contribution in [1.82, 2.24) is 4.90 Å². The van der Waals surface area contributed by atoms with E-state index in [4.69, 9.17) is 21.1 Å². The SMILES string of the molecule is O=C(c1ccccc1NS(=O)(=O)c1ccc(Cl)cc1)N1CCC(C2OCCO2)CC1. The number of carbonyl (C=O) groups is 1. The van der Waals surface area contributed by atoms with Crippen LogP contribution in [0.2, 0.25) is 5.02 Å². The third-order valence-electron chi connectivity index (χ3n) is 5.39. The maximum atomic E-state index is 13.1. The lowest BCUT2D eigenvalue weighted by atomic mass is 9.95. The molecule has 1 amide bonds. The molecule has 0 aliphatic carbocycles. The molecule has 9 heteroatoms. The molecule has 0 unspecified atom stereocenters. The van der Waals surface area contributed by atoms with E-state index in [0.29, 0.717) is 36.9 Å². The Bertz CT molecular complexity index is 998. The summed E-state index contributed by atoms with van der Waals surface area (Å²) in [4.78, 5) is 15.0. The van der Waals surface area contributed by atoms with Crippen LogP contribution in [0.5, 0.6) is 0 Å². The normalized spacial score (nSPS) is 18.5. The standard InChI is InChI=1S/C21H23ClN2O5S/c22-16-5-7-17(8-6-16)30(26,27)23-19-4-2-1-3-18(19)20(25)24-11-9-15(10-12-24)21-28-13-14-29-21/h1-8,15,21,23H,9-14H2. The van der Waals surface area contributed by atoms with Gasteiger partial charge in [0, 0.05) is 24.0 Å². The number of piperidine rings is 1. The molecule has 2 aromatic carbocycles. The zero-order chi connectivity index (χ0) is 21.1. The fraction of sp³-hybridized carbons (Fsp3) is 0.381. The van der Waals surface area contributed by atoms with E-state index in [1.807, 2.05) is 0 Å². The summed E-state index contributed by atoms with van der Waals surface area (Å²) < 4.78 is 39.2. The Kier molecular flexibility index (Phi) is 6.29. The van der Waals surface area contributed by atoms with Gasteiger partial charge in [-0.05, 0) is 49.2 Å². The second kappa shape index (κ2) is 8.93. The van der Waals surface area contributed by atoms with Crippen LogP contribution in [0.4, 0.5) is 5.69 Å². The molecule has 0 bridgehead atoms. The Morgan fingerprint density at radius 1 is 1.00 bits per heavy atom. The summed E-state index contributed by atoms with van der Waals surface area (Å²) >= 11 is 5.85. The predicted octanol–water partition coefficient (Wildman–Crippen LogP) is 3.37. The van der Waals surface area contributed by atoms with Crippen molar-refractivity contribution >= 4 is 33.2 Å². The largest absolute Gasteiger partial charge is 0.350 e. The van der Waals surface area contributed by atoms with Crippen molar-refractivity contribution in [2.75, 3.05) is 31.0 Å². The Morgan fingerprint density at radius 2 is 1.63 bits per heavy atom. The highest BCUT2D eigenvalue weighted by Crippen LogP contribution is 2.28. The Balaban J connectivity index is 1.47. The molecule has 0 saturated carbocycles. The number of sulfonamides is 1. The van der Waals surface area contributed by atoms with Crippen LogP contribution < -0.4 is 4.72 Å². The molecule has 0 aromatic heterocycles. The number of carbonyl (C=O) groups excluding carboxylic acids is 1. The number of anilines is 1. The minimum atomic E-state index is -3.85. The van der Waals surface area contributed by atoms with Gasteiger partial charge in [-0.1, -0.05) is 23.7 Å². The number of benzene rings is 2. The molecule has 2 aromatic rings. The molecule has 2 heterocycles. The lowest BCUT2D eigenvalue weighted by Crippen LogP contribution is -2.41. The first-order valence-corrected chi connectivity index (χ1v) is 11.7. The molecule has 30 heavy (non-hydrogen) atoms. The summed E-state index contributed by atoms with van der Waals surface area (Å²) in [5.74, 6) is 0.0753. The second-order valence-corrected chi connectivity index (χ2v) is 9.46. The molecule has 4 rings (SSSR count). The fourth-order valence-corrected chi connectivity index (χ4v) is 4.98. The van der Waals surface area contributed by atoms with Crippen LogP contribution in [0.3, 0.4) is 0 Å². The van der Waals surface area contributed by atoms with Crippen LogP contribution in [0.1, 0.15) is 23.2 Å². The van der Waals surface area contributed by atoms with Crippen molar-refractivity contribution in [2.24, 2.45) is 5.92 Å². The molecular weight excluding hydrogens is 428 g/mol. The van der Waals surface area contributed by atoms with Crippen molar-refractivity contribution in [3.63, 3.8) is 0 Å². The van der Waals surface area contributed by atoms with Crippen LogP contribution in [0.25, 0.3) is 0 Å². The first kappa shape index (κ1) is 21.1. The topological polar surface area (TPSA) is 84.9 Å². The average Bonchev–Trinajstić information content (AvgIpc) is 3.29. The van der Waals surface area contributed by atoms with Crippen molar-refractivity contribution in [1.29, 1.82) is 0 Å². The number of para-hydroxylation sites is 1. The maximum Gasteiger partial charge on any atom is 0.261 e. The van der Waals surface area contributed by atoms with Gasteiger partial charge in [-0.25, -0.2) is 8.42 Å². The van der Waals surface area contributed by atoms with Gasteiger partial charge in [-0.15, -0.1) is 0 Å². The van der Waals surface area contributed by atoms with Gasteiger partial charge in [0.15, 0.2) is 6.29 Å². The molecule has 1 N–H and O–H groups in total. The third-order valence-corrected chi connectivity index (χ3v) is 7.02. The van der Waals surface area contributed by atoms with Gasteiger partial charge >= 0.3 is 0 Å². The number of likely N-dealkylation sites (tertiary alicyclic amines) is 1. The second-order valence-electron chi connectivity index (χ2n) is 7.34. The van der Waals surface area contributed by atoms with Gasteiger partial charge < -0.3 is 14.4 Å². The smallest absolute Gasteiger partial charge is 0.261 e. The molecular formula is C21H23ClN2O5S. The van der Waals surface area contributed by atoms with E-state index < -0.39 is 10.0 Å². The number of hydrogen-bond donors (Lipinski definition) is 1. The minimum absolute atomic E-state index is 0.0755. The average molecular weight is 451 g/mol. The van der Waals surface area contributed by atoms with Crippen LogP contribution in [-0.2, 0) is 19.5 Å². The number of rotatable bonds is 5. The molecule has 2 fully saturated rings. The van der Waals surface area contributed by atoms with Gasteiger partial charge in [0.1, 0.15) is 0 Å². The number of hydrogen-bond acceptors (Lipinski definition) is 5. The highest BCUT2D eigenvalue weighted by molar-refractivity contribution is 7.92. The molecule has 0 radical (unpaired) electrons. The van der Waals surface area contributed by atoms with E-state index in [2.05, 4.69) is 4.72 Å². The molecule has 0 spiro atoms. The first-order valence-electron chi connectivity index (χ1n) is 9.84. The lowest BCUT2D eigenvalue weighted by molar-refractivity contribution is -0.0956. The number of amides is 1. The van der Waals surface area contributed by atoms with E-state index >= 15 is 0 Å². The number of halogens is 1. The third kappa shape index (κ3) is 4.62. The summed E-state index contributed by atoms with van der Waals surface area (Å²) in [6.45, 7) is 2.38. The lowest BCUT2D eigenvalue weighted by Gasteiger charge is -2.34. The van der Waals surface area contributed by atoms with Gasteiger partial charge in [0.25, 0.3) is 15.9 Å². The monoisotopic (exact) mass is 450 g/mol. The number of ether oxygens (including phenoxy) is 2. The van der Waals surface area contributed by atoms with Crippen LogP contribution in [0.15, 0.2) is 53.4 Å². The first-order chi connectivity index (χ1) is 14.4. The van der Waals surface area contributed by atoms with E-state index in [1.54, 1.807) is 29.2 Å². The number of nitrogens with zero attached hydrogens (tertiary/aromatic N) is 1. The quantitative estimate of drug-likeness (QED) is 0.754. The Morgan fingerprint density at radius 3 is 2.30 bits per heavy atom. The van der Waals surface area contributed by atoms with E-state index in [-0.39, 0.29) is 28.7 Å². The highest BCUT2D eigenvalue weighted by atomic mass is 35.5. The summed E-state index contributed by atoms with van der Waals surface area (Å²) in [6, 6.07) is 12.5. The van der Waals surface area contributed by atoms with E-state index in [1.165, 1.54) is 24.3 Å². The van der Waals surface area contributed by atoms with Crippen molar-refractivity contribution in [3.8, 4) is 0 Å². The molecule has 7 nitrogen and oxygen atoms in total. The Labute approximate surface area is 181 Å². The molecule has 0 atom stereocenters. The molecule has 160 valence electrons. The minimum Gasteiger partial charge on any atom is -0.350 e. The van der Waals surface area contributed by atoms with Crippen LogP contribution >= 0.6 is 11.6 Å². The van der Waals surface area contributed by atoms with Crippen molar-refractivity contribution < 1.29 is 22.7 Å². The van der Waals surface area contributed by atoms with E-state index in [0.717, 1.165) is 12.8 Å². The molecule has 2 aliphatic rings. The van der Waals surface area contributed by atoms with Gasteiger partial charge in [-0.2, -0.15) is 0 Å². The van der Waals surface area contributed by atoms with Crippen LogP contribution in [0, 0.1) is 5.92 Å². The van der Waals surface area contributed by atoms with E-state index in [9.17, 15) is 13.2 Å². The molecule has 2 saturated heterocycles. The van der Waals surface area contributed by atoms with Gasteiger partial charge in [-0.3, -0.25) is 9.52 Å². The Hall–Kier alpha value is -2.13. The fourth-order valence-electron chi connectivity index (χ4n) is 3.77.